The predicted molar refractivity (Wildman–Crippen MR) is 153 cm³/mol. The number of rotatable bonds is 13. The zero-order chi connectivity index (χ0) is 24.5. The quantitative estimate of drug-likeness (QED) is 0.236. The number of aliphatic imine (C=N–C) groups is 1. The third-order valence-corrected chi connectivity index (χ3v) is 9.04. The van der Waals surface area contributed by atoms with E-state index in [1.54, 1.807) is 0 Å². The molecule has 4 rings (SSSR count). The van der Waals surface area contributed by atoms with E-state index in [2.05, 4.69) is 59.3 Å². The molecule has 1 aromatic rings. The molecule has 0 bridgehead atoms. The van der Waals surface area contributed by atoms with Crippen LogP contribution in [-0.4, -0.2) is 53.0 Å². The first-order valence-corrected chi connectivity index (χ1v) is 14.9. The summed E-state index contributed by atoms with van der Waals surface area (Å²) in [6, 6.07) is 12.0. The van der Waals surface area contributed by atoms with Gasteiger partial charge in [-0.3, -0.25) is 4.99 Å². The Bertz CT molecular complexity index is 804. The van der Waals surface area contributed by atoms with Crippen molar-refractivity contribution in [2.75, 3.05) is 26.2 Å². The van der Waals surface area contributed by atoms with Gasteiger partial charge in [0.1, 0.15) is 0 Å². The van der Waals surface area contributed by atoms with Gasteiger partial charge < -0.3 is 15.1 Å². The summed E-state index contributed by atoms with van der Waals surface area (Å²) < 4.78 is 0. The normalized spacial score (nSPS) is 24.1. The molecule has 35 heavy (non-hydrogen) atoms. The molecule has 2 heterocycles. The monoisotopic (exact) mass is 496 g/mol. The average Bonchev–Trinajstić information content (AvgIpc) is 3.47. The highest BCUT2D eigenvalue weighted by atomic mass is 32.1. The first kappa shape index (κ1) is 26.4. The van der Waals surface area contributed by atoms with E-state index in [0.717, 1.165) is 49.5 Å². The summed E-state index contributed by atoms with van der Waals surface area (Å²) in [4.78, 5) is 9.79. The minimum atomic E-state index is 0.406. The molecule has 0 aromatic heterocycles. The van der Waals surface area contributed by atoms with Crippen LogP contribution in [0.4, 0.5) is 0 Å². The minimum absolute atomic E-state index is 0.406. The Hall–Kier alpha value is -1.62. The third kappa shape index (κ3) is 7.68. The SMILES string of the molecule is CCC(C)CC1=NC[C@H](CCCCN2C[C@@H](c3ccccc3)N(CCCC3CCCCC3)C2=S)N1. The van der Waals surface area contributed by atoms with Crippen LogP contribution in [0.25, 0.3) is 0 Å². The van der Waals surface area contributed by atoms with E-state index in [4.69, 9.17) is 17.2 Å². The number of benzene rings is 1. The highest BCUT2D eigenvalue weighted by Gasteiger charge is 2.34. The average molecular weight is 497 g/mol. The number of thiocarbonyl (C=S) groups is 1. The van der Waals surface area contributed by atoms with Gasteiger partial charge in [-0.25, -0.2) is 0 Å². The smallest absolute Gasteiger partial charge is 0.172 e. The Morgan fingerprint density at radius 1 is 1.03 bits per heavy atom. The van der Waals surface area contributed by atoms with Crippen molar-refractivity contribution in [1.29, 1.82) is 0 Å². The van der Waals surface area contributed by atoms with Crippen LogP contribution < -0.4 is 5.32 Å². The fraction of sp³-hybridized carbons (Fsp3) is 0.733. The molecule has 3 aliphatic rings. The Morgan fingerprint density at radius 2 is 1.83 bits per heavy atom. The molecule has 0 radical (unpaired) electrons. The van der Waals surface area contributed by atoms with Crippen LogP contribution in [0.3, 0.4) is 0 Å². The molecule has 1 unspecified atom stereocenters. The summed E-state index contributed by atoms with van der Waals surface area (Å²) in [5.41, 5.74) is 1.41. The van der Waals surface area contributed by atoms with E-state index in [1.807, 2.05) is 0 Å². The van der Waals surface area contributed by atoms with Gasteiger partial charge >= 0.3 is 0 Å². The molecule has 194 valence electrons. The van der Waals surface area contributed by atoms with E-state index in [9.17, 15) is 0 Å². The molecule has 1 N–H and O–H groups in total. The summed E-state index contributed by atoms with van der Waals surface area (Å²) in [7, 11) is 0. The Kier molecular flexibility index (Phi) is 10.3. The number of amidine groups is 1. The Balaban J connectivity index is 1.23. The summed E-state index contributed by atoms with van der Waals surface area (Å²) in [5.74, 6) is 2.91. The lowest BCUT2D eigenvalue weighted by Gasteiger charge is -2.27. The standard InChI is InChI=1S/C30H48N4S/c1-3-24(2)21-29-31-22-27(32-29)18-10-11-19-33-23-28(26-16-8-5-9-17-26)34(30(33)35)20-12-15-25-13-6-4-7-14-25/h5,8-9,16-17,24-25,27-28H,3-4,6-7,10-15,18-23H2,1-2H3,(H,31,32)/t24?,27-,28-/m0/s1. The van der Waals surface area contributed by atoms with Crippen molar-refractivity contribution < 1.29 is 0 Å². The fourth-order valence-electron chi connectivity index (χ4n) is 6.13. The van der Waals surface area contributed by atoms with E-state index >= 15 is 0 Å². The predicted octanol–water partition coefficient (Wildman–Crippen LogP) is 6.97. The zero-order valence-electron chi connectivity index (χ0n) is 22.3. The van der Waals surface area contributed by atoms with E-state index in [0.29, 0.717) is 12.1 Å². The zero-order valence-corrected chi connectivity index (χ0v) is 23.1. The first-order chi connectivity index (χ1) is 17.1. The van der Waals surface area contributed by atoms with E-state index in [1.165, 1.54) is 82.0 Å². The lowest BCUT2D eigenvalue weighted by atomic mass is 9.86. The van der Waals surface area contributed by atoms with Crippen LogP contribution in [0.1, 0.15) is 103 Å². The molecule has 4 nitrogen and oxygen atoms in total. The van der Waals surface area contributed by atoms with Crippen molar-refractivity contribution in [2.24, 2.45) is 16.8 Å². The van der Waals surface area contributed by atoms with Gasteiger partial charge in [-0.1, -0.05) is 82.7 Å². The van der Waals surface area contributed by atoms with Crippen LogP contribution in [0.2, 0.25) is 0 Å². The molecule has 0 spiro atoms. The summed E-state index contributed by atoms with van der Waals surface area (Å²) in [6.07, 6.45) is 15.8. The van der Waals surface area contributed by atoms with Crippen LogP contribution in [0, 0.1) is 11.8 Å². The Labute approximate surface area is 219 Å². The van der Waals surface area contributed by atoms with Gasteiger partial charge in [-0.15, -0.1) is 0 Å². The minimum Gasteiger partial charge on any atom is -0.369 e. The van der Waals surface area contributed by atoms with Crippen LogP contribution in [0.5, 0.6) is 0 Å². The van der Waals surface area contributed by atoms with Gasteiger partial charge in [-0.2, -0.15) is 0 Å². The summed E-state index contributed by atoms with van der Waals surface area (Å²) in [5, 5.41) is 4.77. The third-order valence-electron chi connectivity index (χ3n) is 8.55. The highest BCUT2D eigenvalue weighted by molar-refractivity contribution is 7.80. The van der Waals surface area contributed by atoms with Gasteiger partial charge in [0.15, 0.2) is 5.11 Å². The highest BCUT2D eigenvalue weighted by Crippen LogP contribution is 2.32. The maximum Gasteiger partial charge on any atom is 0.172 e. The molecule has 2 aliphatic heterocycles. The van der Waals surface area contributed by atoms with Crippen LogP contribution in [0.15, 0.2) is 35.3 Å². The van der Waals surface area contributed by atoms with Gasteiger partial charge in [-0.05, 0) is 61.7 Å². The maximum absolute atomic E-state index is 6.05. The van der Waals surface area contributed by atoms with Gasteiger partial charge in [0.25, 0.3) is 0 Å². The number of nitrogens with one attached hydrogen (secondary N) is 1. The molecule has 3 atom stereocenters. The largest absolute Gasteiger partial charge is 0.369 e. The number of hydrogen-bond acceptors (Lipinski definition) is 3. The molecule has 1 saturated heterocycles. The molecule has 1 aliphatic carbocycles. The molecule has 5 heteroatoms. The summed E-state index contributed by atoms with van der Waals surface area (Å²) in [6.45, 7) is 8.76. The van der Waals surface area contributed by atoms with Crippen molar-refractivity contribution in [3.63, 3.8) is 0 Å². The lowest BCUT2D eigenvalue weighted by molar-refractivity contribution is 0.296. The number of nitrogens with zero attached hydrogens (tertiary/aromatic N) is 3. The van der Waals surface area contributed by atoms with Gasteiger partial charge in [0.05, 0.1) is 18.4 Å². The fourth-order valence-corrected chi connectivity index (χ4v) is 6.51. The van der Waals surface area contributed by atoms with Crippen molar-refractivity contribution in [1.82, 2.24) is 15.1 Å². The second-order valence-corrected chi connectivity index (χ2v) is 11.7. The van der Waals surface area contributed by atoms with Crippen molar-refractivity contribution >= 4 is 23.2 Å². The number of unbranched alkanes of at least 4 members (excludes halogenated alkanes) is 1. The van der Waals surface area contributed by atoms with Gasteiger partial charge in [0.2, 0.25) is 0 Å². The molecule has 0 amide bonds. The van der Waals surface area contributed by atoms with E-state index in [-0.39, 0.29) is 0 Å². The Morgan fingerprint density at radius 3 is 2.60 bits per heavy atom. The van der Waals surface area contributed by atoms with Crippen LogP contribution >= 0.6 is 12.2 Å². The summed E-state index contributed by atoms with van der Waals surface area (Å²) >= 11 is 6.05. The first-order valence-electron chi connectivity index (χ1n) is 14.5. The van der Waals surface area contributed by atoms with Crippen molar-refractivity contribution in [2.45, 2.75) is 103 Å². The molecular weight excluding hydrogens is 448 g/mol. The lowest BCUT2D eigenvalue weighted by Crippen LogP contribution is -2.34. The van der Waals surface area contributed by atoms with E-state index < -0.39 is 0 Å². The van der Waals surface area contributed by atoms with Crippen LogP contribution in [-0.2, 0) is 0 Å². The molecule has 1 aromatic carbocycles. The number of hydrogen-bond donors (Lipinski definition) is 1. The second-order valence-electron chi connectivity index (χ2n) is 11.3. The van der Waals surface area contributed by atoms with Gasteiger partial charge in [0, 0.05) is 32.1 Å². The second kappa shape index (κ2) is 13.6. The maximum atomic E-state index is 6.05. The molecular formula is C30H48N4S. The topological polar surface area (TPSA) is 30.9 Å². The van der Waals surface area contributed by atoms with Crippen molar-refractivity contribution in [3.05, 3.63) is 35.9 Å². The molecule has 2 fully saturated rings. The molecule has 1 saturated carbocycles. The van der Waals surface area contributed by atoms with Crippen molar-refractivity contribution in [3.8, 4) is 0 Å².